The highest BCUT2D eigenvalue weighted by molar-refractivity contribution is 4.89. The lowest BCUT2D eigenvalue weighted by molar-refractivity contribution is 0.163. The molecule has 1 unspecified atom stereocenters. The van der Waals surface area contributed by atoms with Gasteiger partial charge in [0.25, 0.3) is 0 Å². The monoisotopic (exact) mass is 157 g/mol. The summed E-state index contributed by atoms with van der Waals surface area (Å²) in [6.45, 7) is 3.86. The first-order valence-corrected chi connectivity index (χ1v) is 4.51. The average Bonchev–Trinajstić information content (AvgIpc) is 2.30. The molecule has 11 heavy (non-hydrogen) atoms. The Labute approximate surface area is 69.2 Å². The summed E-state index contributed by atoms with van der Waals surface area (Å²) in [6, 6.07) is 0. The van der Waals surface area contributed by atoms with Gasteiger partial charge < -0.3 is 10.0 Å². The van der Waals surface area contributed by atoms with Gasteiger partial charge in [0.15, 0.2) is 0 Å². The van der Waals surface area contributed by atoms with E-state index in [9.17, 15) is 0 Å². The van der Waals surface area contributed by atoms with Gasteiger partial charge in [-0.2, -0.15) is 0 Å². The summed E-state index contributed by atoms with van der Waals surface area (Å²) in [4.78, 5) is 2.42. The van der Waals surface area contributed by atoms with Gasteiger partial charge in [0.05, 0.1) is 0 Å². The van der Waals surface area contributed by atoms with Crippen LogP contribution in [0.1, 0.15) is 32.6 Å². The third-order valence-corrected chi connectivity index (χ3v) is 3.00. The smallest absolute Gasteiger partial charge is 0.0431 e. The van der Waals surface area contributed by atoms with Gasteiger partial charge in [-0.3, -0.25) is 0 Å². The number of hydrogen-bond donors (Lipinski definition) is 1. The van der Waals surface area contributed by atoms with Crippen molar-refractivity contribution in [2.45, 2.75) is 38.1 Å². The average molecular weight is 157 g/mol. The van der Waals surface area contributed by atoms with Gasteiger partial charge in [-0.1, -0.05) is 0 Å². The second kappa shape index (κ2) is 3.55. The van der Waals surface area contributed by atoms with Gasteiger partial charge in [-0.25, -0.2) is 0 Å². The van der Waals surface area contributed by atoms with Gasteiger partial charge in [0.1, 0.15) is 0 Å². The second-order valence-corrected chi connectivity index (χ2v) is 3.85. The summed E-state index contributed by atoms with van der Waals surface area (Å²) in [5, 5.41) is 8.71. The Kier molecular flexibility index (Phi) is 2.90. The van der Waals surface area contributed by atoms with E-state index in [0.717, 1.165) is 12.8 Å². The quantitative estimate of drug-likeness (QED) is 0.666. The first kappa shape index (κ1) is 9.01. The van der Waals surface area contributed by atoms with E-state index in [1.165, 1.54) is 19.4 Å². The van der Waals surface area contributed by atoms with Crippen molar-refractivity contribution in [3.8, 4) is 0 Å². The van der Waals surface area contributed by atoms with Crippen LogP contribution in [0.15, 0.2) is 0 Å². The summed E-state index contributed by atoms with van der Waals surface area (Å²) in [6.07, 6.45) is 4.70. The maximum atomic E-state index is 8.71. The molecule has 1 heterocycles. The lowest BCUT2D eigenvalue weighted by Crippen LogP contribution is -2.38. The minimum Gasteiger partial charge on any atom is -0.396 e. The first-order valence-electron chi connectivity index (χ1n) is 4.51. The molecule has 2 nitrogen and oxygen atoms in total. The molecule has 0 spiro atoms. The van der Waals surface area contributed by atoms with Crippen molar-refractivity contribution in [3.63, 3.8) is 0 Å². The van der Waals surface area contributed by atoms with Crippen molar-refractivity contribution in [2.24, 2.45) is 0 Å². The Morgan fingerprint density at radius 2 is 2.27 bits per heavy atom. The number of rotatable bonds is 3. The topological polar surface area (TPSA) is 23.5 Å². The van der Waals surface area contributed by atoms with Crippen LogP contribution < -0.4 is 0 Å². The van der Waals surface area contributed by atoms with Crippen molar-refractivity contribution in [3.05, 3.63) is 0 Å². The van der Waals surface area contributed by atoms with Crippen LogP contribution >= 0.6 is 0 Å². The van der Waals surface area contributed by atoms with Crippen LogP contribution in [0.3, 0.4) is 0 Å². The summed E-state index contributed by atoms with van der Waals surface area (Å²) in [5.74, 6) is 0. The number of nitrogens with zero attached hydrogens (tertiary/aromatic N) is 1. The minimum absolute atomic E-state index is 0.337. The van der Waals surface area contributed by atoms with Crippen LogP contribution in [-0.4, -0.2) is 35.7 Å². The van der Waals surface area contributed by atoms with E-state index < -0.39 is 0 Å². The number of likely N-dealkylation sites (tertiary alicyclic amines) is 1. The third-order valence-electron chi connectivity index (χ3n) is 3.00. The molecule has 0 amide bonds. The molecule has 0 bridgehead atoms. The Morgan fingerprint density at radius 3 is 2.73 bits per heavy atom. The molecule has 0 radical (unpaired) electrons. The molecule has 1 saturated heterocycles. The first-order chi connectivity index (χ1) is 5.19. The number of aliphatic hydroxyl groups excluding tert-OH is 1. The predicted molar refractivity (Wildman–Crippen MR) is 46.6 cm³/mol. The zero-order valence-corrected chi connectivity index (χ0v) is 7.64. The third kappa shape index (κ3) is 1.94. The molecule has 2 heteroatoms. The Hall–Kier alpha value is -0.0800. The van der Waals surface area contributed by atoms with Crippen LogP contribution in [0.5, 0.6) is 0 Å². The Balaban J connectivity index is 2.38. The van der Waals surface area contributed by atoms with Crippen molar-refractivity contribution in [1.82, 2.24) is 4.90 Å². The van der Waals surface area contributed by atoms with E-state index in [0.29, 0.717) is 12.1 Å². The van der Waals surface area contributed by atoms with E-state index in [1.807, 2.05) is 0 Å². The minimum atomic E-state index is 0.337. The maximum Gasteiger partial charge on any atom is 0.0431 e. The van der Waals surface area contributed by atoms with E-state index in [-0.39, 0.29) is 0 Å². The second-order valence-electron chi connectivity index (χ2n) is 3.85. The normalized spacial score (nSPS) is 33.0. The summed E-state index contributed by atoms with van der Waals surface area (Å²) in [5.41, 5.74) is 0.378. The highest BCUT2D eigenvalue weighted by Crippen LogP contribution is 2.31. The van der Waals surface area contributed by atoms with Crippen molar-refractivity contribution < 1.29 is 5.11 Å². The predicted octanol–water partition coefficient (Wildman–Crippen LogP) is 1.24. The lowest BCUT2D eigenvalue weighted by Gasteiger charge is -2.32. The number of aliphatic hydroxyl groups is 1. The van der Waals surface area contributed by atoms with Crippen LogP contribution in [-0.2, 0) is 0 Å². The molecule has 1 fully saturated rings. The molecule has 1 rings (SSSR count). The summed E-state index contributed by atoms with van der Waals surface area (Å²) in [7, 11) is 2.18. The zero-order valence-electron chi connectivity index (χ0n) is 7.64. The molecule has 0 saturated carbocycles. The fourth-order valence-electron chi connectivity index (χ4n) is 1.93. The molecule has 1 aliphatic rings. The van der Waals surface area contributed by atoms with Crippen LogP contribution in [0.4, 0.5) is 0 Å². The maximum absolute atomic E-state index is 8.71. The van der Waals surface area contributed by atoms with Crippen LogP contribution in [0, 0.1) is 0 Å². The summed E-state index contributed by atoms with van der Waals surface area (Å²) < 4.78 is 0. The fraction of sp³-hybridized carbons (Fsp3) is 1.00. The van der Waals surface area contributed by atoms with Crippen LogP contribution in [0.2, 0.25) is 0 Å². The molecular formula is C9H19NO. The highest BCUT2D eigenvalue weighted by atomic mass is 16.2. The lowest BCUT2D eigenvalue weighted by atomic mass is 9.93. The Bertz CT molecular complexity index is 127. The molecule has 1 atom stereocenters. The molecule has 0 aliphatic carbocycles. The molecule has 0 aromatic rings. The van der Waals surface area contributed by atoms with Gasteiger partial charge in [-0.15, -0.1) is 0 Å². The molecule has 1 N–H and O–H groups in total. The molecular weight excluding hydrogens is 138 g/mol. The van der Waals surface area contributed by atoms with Crippen molar-refractivity contribution >= 4 is 0 Å². The largest absolute Gasteiger partial charge is 0.396 e. The Morgan fingerprint density at radius 1 is 1.55 bits per heavy atom. The van der Waals surface area contributed by atoms with Crippen molar-refractivity contribution in [1.29, 1.82) is 0 Å². The highest BCUT2D eigenvalue weighted by Gasteiger charge is 2.32. The van der Waals surface area contributed by atoms with Gasteiger partial charge in [0, 0.05) is 12.1 Å². The number of hydrogen-bond acceptors (Lipinski definition) is 2. The zero-order chi connectivity index (χ0) is 8.32. The van der Waals surface area contributed by atoms with Crippen LogP contribution in [0.25, 0.3) is 0 Å². The molecule has 0 aromatic heterocycles. The SMILES string of the molecule is CN1CCCC1(C)CCCO. The van der Waals surface area contributed by atoms with Gasteiger partial charge in [-0.05, 0) is 46.2 Å². The fourth-order valence-corrected chi connectivity index (χ4v) is 1.93. The molecule has 66 valence electrons. The van der Waals surface area contributed by atoms with E-state index >= 15 is 0 Å². The van der Waals surface area contributed by atoms with E-state index in [1.54, 1.807) is 0 Å². The van der Waals surface area contributed by atoms with E-state index in [2.05, 4.69) is 18.9 Å². The standard InChI is InChI=1S/C9H19NO/c1-9(6-4-8-11)5-3-7-10(9)2/h11H,3-8H2,1-2H3. The molecule has 1 aliphatic heterocycles. The van der Waals surface area contributed by atoms with E-state index in [4.69, 9.17) is 5.11 Å². The molecule has 0 aromatic carbocycles. The van der Waals surface area contributed by atoms with Gasteiger partial charge in [0.2, 0.25) is 0 Å². The van der Waals surface area contributed by atoms with Crippen molar-refractivity contribution in [2.75, 3.05) is 20.2 Å². The summed E-state index contributed by atoms with van der Waals surface area (Å²) >= 11 is 0. The van der Waals surface area contributed by atoms with Gasteiger partial charge >= 0.3 is 0 Å².